The van der Waals surface area contributed by atoms with Gasteiger partial charge < -0.3 is 24.9 Å². The summed E-state index contributed by atoms with van der Waals surface area (Å²) in [6.07, 6.45) is 1.08. The maximum atomic E-state index is 11.7. The molecule has 0 aromatic carbocycles. The van der Waals surface area contributed by atoms with Crippen molar-refractivity contribution in [2.24, 2.45) is 5.92 Å². The van der Waals surface area contributed by atoms with E-state index >= 15 is 0 Å². The lowest BCUT2D eigenvalue weighted by molar-refractivity contribution is 0.238. The monoisotopic (exact) mass is 317 g/mol. The molecule has 0 aromatic heterocycles. The number of hydrogen-bond donors (Lipinski definition) is 6. The molecule has 1 aliphatic heterocycles. The minimum absolute atomic E-state index is 0.0874. The topological polar surface area (TPSA) is 127 Å². The van der Waals surface area contributed by atoms with Gasteiger partial charge in [0, 0.05) is 12.0 Å². The Kier molecular flexibility index (Phi) is 3.81. The molecule has 3 unspecified atom stereocenters. The predicted molar refractivity (Wildman–Crippen MR) is 68.5 cm³/mol. The van der Waals surface area contributed by atoms with Gasteiger partial charge >= 0.3 is 15.2 Å². The summed E-state index contributed by atoms with van der Waals surface area (Å²) in [6, 6.07) is -0.290. The van der Waals surface area contributed by atoms with Crippen LogP contribution in [0, 0.1) is 5.92 Å². The van der Waals surface area contributed by atoms with Crippen LogP contribution >= 0.6 is 27.8 Å². The van der Waals surface area contributed by atoms with Gasteiger partial charge in [-0.25, -0.2) is 0 Å². The molecule has 106 valence electrons. The first-order valence-corrected chi connectivity index (χ1v) is 9.39. The lowest BCUT2D eigenvalue weighted by Crippen LogP contribution is -2.48. The molecule has 1 saturated carbocycles. The van der Waals surface area contributed by atoms with Gasteiger partial charge in [0.05, 0.1) is 5.37 Å². The van der Waals surface area contributed by atoms with Crippen LogP contribution in [0.15, 0.2) is 0 Å². The molecule has 1 aliphatic carbocycles. The predicted octanol–water partition coefficient (Wildman–Crippen LogP) is 0.456. The van der Waals surface area contributed by atoms with Crippen LogP contribution in [0.1, 0.15) is 25.7 Å². The molecule has 5 N–H and O–H groups in total. The quantitative estimate of drug-likeness (QED) is 0.322. The van der Waals surface area contributed by atoms with Crippen molar-refractivity contribution < 1.29 is 28.7 Å². The second-order valence-corrected chi connectivity index (χ2v) is 9.73. The van der Waals surface area contributed by atoms with E-state index in [4.69, 9.17) is 0 Å². The molecule has 1 saturated heterocycles. The minimum Gasteiger partial charge on any atom is -0.324 e. The van der Waals surface area contributed by atoms with Crippen molar-refractivity contribution in [3.8, 4) is 0 Å². The smallest absolute Gasteiger partial charge is 0.324 e. The lowest BCUT2D eigenvalue weighted by Gasteiger charge is -2.41. The van der Waals surface area contributed by atoms with Gasteiger partial charge in [0.25, 0.3) is 0 Å². The van der Waals surface area contributed by atoms with Crippen molar-refractivity contribution >= 4 is 27.8 Å². The molecule has 2 aliphatic rings. The third-order valence-corrected chi connectivity index (χ3v) is 9.17. The molecule has 0 aromatic rings. The van der Waals surface area contributed by atoms with Crippen LogP contribution in [0.3, 0.4) is 0 Å². The first-order chi connectivity index (χ1) is 8.09. The van der Waals surface area contributed by atoms with Crippen molar-refractivity contribution in [3.63, 3.8) is 0 Å². The normalized spacial score (nSPS) is 36.4. The number of piperidine rings is 1. The zero-order chi connectivity index (χ0) is 13.8. The highest BCUT2D eigenvalue weighted by Crippen LogP contribution is 2.77. The van der Waals surface area contributed by atoms with Gasteiger partial charge in [0.2, 0.25) is 0 Å². The molecule has 2 fully saturated rings. The van der Waals surface area contributed by atoms with E-state index in [0.29, 0.717) is 19.3 Å². The van der Waals surface area contributed by atoms with E-state index in [1.54, 1.807) is 0 Å². The summed E-state index contributed by atoms with van der Waals surface area (Å²) in [7, 11) is -9.81. The largest absolute Gasteiger partial charge is 0.344 e. The van der Waals surface area contributed by atoms with E-state index in [1.807, 2.05) is 0 Å². The van der Waals surface area contributed by atoms with Crippen LogP contribution in [0.2, 0.25) is 0 Å². The van der Waals surface area contributed by atoms with E-state index < -0.39 is 26.0 Å². The Hall–Kier alpha value is 0.610. The first kappa shape index (κ1) is 15.0. The summed E-state index contributed by atoms with van der Waals surface area (Å²) in [5, 5.41) is 2.97. The second kappa shape index (κ2) is 4.57. The van der Waals surface area contributed by atoms with Gasteiger partial charge in [-0.05, 0) is 25.7 Å². The molecule has 1 heterocycles. The molecule has 0 bridgehead atoms. The standard InChI is InChI=1S/C8H17NO6P2S/c10-16(11,12)8(17(13,14)15)4-3-6-5(8)1-2-7(18)9-6/h5-7,9,18H,1-4H2,(H2,10,11,12)(H2,13,14,15). The molecule has 18 heavy (non-hydrogen) atoms. The summed E-state index contributed by atoms with van der Waals surface area (Å²) in [6.45, 7) is 0. The Morgan fingerprint density at radius 3 is 2.11 bits per heavy atom. The molecular weight excluding hydrogens is 300 g/mol. The van der Waals surface area contributed by atoms with Gasteiger partial charge in [-0.3, -0.25) is 9.13 Å². The average molecular weight is 317 g/mol. The van der Waals surface area contributed by atoms with Crippen LogP contribution < -0.4 is 5.32 Å². The van der Waals surface area contributed by atoms with E-state index in [9.17, 15) is 28.7 Å². The number of hydrogen-bond acceptors (Lipinski definition) is 4. The zero-order valence-electron chi connectivity index (χ0n) is 9.51. The third-order valence-electron chi connectivity index (χ3n) is 4.07. The van der Waals surface area contributed by atoms with Gasteiger partial charge in [0.15, 0.2) is 4.90 Å². The van der Waals surface area contributed by atoms with Crippen molar-refractivity contribution in [2.45, 2.75) is 42.0 Å². The van der Waals surface area contributed by atoms with Crippen molar-refractivity contribution in [2.75, 3.05) is 0 Å². The van der Waals surface area contributed by atoms with Crippen LogP contribution in [0.4, 0.5) is 0 Å². The SMILES string of the molecule is O=P(O)(O)C1(P(=O)(O)O)CCC2NC(S)CCC21. The molecule has 2 rings (SSSR count). The highest BCUT2D eigenvalue weighted by molar-refractivity contribution is 7.80. The molecule has 0 radical (unpaired) electrons. The number of thiol groups is 1. The fraction of sp³-hybridized carbons (Fsp3) is 1.00. The number of fused-ring (bicyclic) bond motifs is 1. The average Bonchev–Trinajstić information content (AvgIpc) is 2.54. The third kappa shape index (κ3) is 2.13. The van der Waals surface area contributed by atoms with Gasteiger partial charge in [-0.1, -0.05) is 0 Å². The molecule has 7 nitrogen and oxygen atoms in total. The summed E-state index contributed by atoms with van der Waals surface area (Å²) in [4.78, 5) is 35.7. The molecule has 10 heteroatoms. The van der Waals surface area contributed by atoms with E-state index in [1.165, 1.54) is 0 Å². The second-order valence-electron chi connectivity index (χ2n) is 4.98. The Labute approximate surface area is 110 Å². The molecule has 3 atom stereocenters. The fourth-order valence-corrected chi connectivity index (χ4v) is 7.29. The maximum Gasteiger partial charge on any atom is 0.344 e. The van der Waals surface area contributed by atoms with Crippen LogP contribution in [-0.2, 0) is 9.13 Å². The highest BCUT2D eigenvalue weighted by atomic mass is 32.1. The van der Waals surface area contributed by atoms with Gasteiger partial charge in [0.1, 0.15) is 0 Å². The molecular formula is C8H17NO6P2S. The zero-order valence-corrected chi connectivity index (χ0v) is 12.2. The van der Waals surface area contributed by atoms with Gasteiger partial charge in [-0.15, -0.1) is 0 Å². The Morgan fingerprint density at radius 2 is 1.61 bits per heavy atom. The van der Waals surface area contributed by atoms with Crippen LogP contribution in [0.5, 0.6) is 0 Å². The molecule has 0 amide bonds. The van der Waals surface area contributed by atoms with E-state index in [-0.39, 0.29) is 17.8 Å². The number of rotatable bonds is 2. The van der Waals surface area contributed by atoms with E-state index in [2.05, 4.69) is 17.9 Å². The van der Waals surface area contributed by atoms with Crippen molar-refractivity contribution in [1.29, 1.82) is 0 Å². The summed E-state index contributed by atoms with van der Waals surface area (Å²) < 4.78 is 23.4. The van der Waals surface area contributed by atoms with Crippen molar-refractivity contribution in [1.82, 2.24) is 5.32 Å². The van der Waals surface area contributed by atoms with Crippen LogP contribution in [-0.4, -0.2) is 35.9 Å². The summed E-state index contributed by atoms with van der Waals surface area (Å²) in [5.41, 5.74) is 0. The fourth-order valence-electron chi connectivity index (χ4n) is 3.27. The number of nitrogens with one attached hydrogen (secondary N) is 1. The summed E-state index contributed by atoms with van der Waals surface area (Å²) in [5.74, 6) is -0.706. The van der Waals surface area contributed by atoms with Crippen LogP contribution in [0.25, 0.3) is 0 Å². The van der Waals surface area contributed by atoms with E-state index in [0.717, 1.165) is 0 Å². The Bertz CT molecular complexity index is 411. The van der Waals surface area contributed by atoms with Gasteiger partial charge in [-0.2, -0.15) is 12.6 Å². The minimum atomic E-state index is -4.90. The molecule has 0 spiro atoms. The maximum absolute atomic E-state index is 11.7. The Morgan fingerprint density at radius 1 is 1.06 bits per heavy atom. The summed E-state index contributed by atoms with van der Waals surface area (Å²) >= 11 is 4.25. The Balaban J connectivity index is 2.45. The first-order valence-electron chi connectivity index (χ1n) is 5.65. The lowest BCUT2D eigenvalue weighted by atomic mass is 9.93. The highest BCUT2D eigenvalue weighted by Gasteiger charge is 2.69. The van der Waals surface area contributed by atoms with Crippen molar-refractivity contribution in [3.05, 3.63) is 0 Å².